The standard InChI is InChI=1S/C30H26ClNO6/c1-36-26-14-8-23(9-15-26)30(31,24-10-16-27(37-2)17-11-24)22-6-3-21(4-7-22)5-20-29(33)38-28-18-12-25(13-19-28)32(34)35/h3-4,6-19H,5,20H2,1-2H3. The van der Waals surface area contributed by atoms with Gasteiger partial charge in [-0.05, 0) is 65.1 Å². The molecule has 0 atom stereocenters. The Morgan fingerprint density at radius 2 is 1.16 bits per heavy atom. The van der Waals surface area contributed by atoms with Gasteiger partial charge in [-0.2, -0.15) is 0 Å². The predicted octanol–water partition coefficient (Wildman–Crippen LogP) is 6.68. The number of rotatable bonds is 10. The number of benzene rings is 4. The van der Waals surface area contributed by atoms with Gasteiger partial charge in [0, 0.05) is 18.6 Å². The molecule has 0 aliphatic heterocycles. The molecule has 0 amide bonds. The fraction of sp³-hybridized carbons (Fsp3) is 0.167. The van der Waals surface area contributed by atoms with E-state index in [-0.39, 0.29) is 17.9 Å². The molecule has 0 radical (unpaired) electrons. The number of carbonyl (C=O) groups excluding carboxylic acids is 1. The molecule has 4 rings (SSSR count). The molecule has 0 fully saturated rings. The van der Waals surface area contributed by atoms with Crippen LogP contribution in [0.2, 0.25) is 0 Å². The molecule has 0 bridgehead atoms. The Kier molecular flexibility index (Phi) is 8.28. The zero-order valence-corrected chi connectivity index (χ0v) is 21.7. The van der Waals surface area contributed by atoms with Crippen molar-refractivity contribution in [2.24, 2.45) is 0 Å². The highest BCUT2D eigenvalue weighted by Gasteiger charge is 2.34. The summed E-state index contributed by atoms with van der Waals surface area (Å²) in [6.07, 6.45) is 0.617. The first-order valence-corrected chi connectivity index (χ1v) is 12.2. The zero-order valence-electron chi connectivity index (χ0n) is 20.9. The van der Waals surface area contributed by atoms with E-state index in [0.29, 0.717) is 6.42 Å². The summed E-state index contributed by atoms with van der Waals surface area (Å²) in [5, 5.41) is 10.8. The van der Waals surface area contributed by atoms with Gasteiger partial charge < -0.3 is 14.2 Å². The molecule has 0 saturated carbocycles. The largest absolute Gasteiger partial charge is 0.497 e. The van der Waals surface area contributed by atoms with E-state index in [1.807, 2.05) is 72.8 Å². The van der Waals surface area contributed by atoms with E-state index in [0.717, 1.165) is 33.8 Å². The number of carbonyl (C=O) groups is 1. The molecule has 38 heavy (non-hydrogen) atoms. The molecular formula is C30H26ClNO6. The Morgan fingerprint density at radius 3 is 1.58 bits per heavy atom. The van der Waals surface area contributed by atoms with Gasteiger partial charge in [-0.15, -0.1) is 11.6 Å². The van der Waals surface area contributed by atoms with E-state index < -0.39 is 15.8 Å². The molecule has 4 aromatic rings. The third-order valence-electron chi connectivity index (χ3n) is 6.22. The molecule has 7 nitrogen and oxygen atoms in total. The van der Waals surface area contributed by atoms with Crippen LogP contribution in [0.1, 0.15) is 28.7 Å². The van der Waals surface area contributed by atoms with Crippen LogP contribution in [0.4, 0.5) is 5.69 Å². The van der Waals surface area contributed by atoms with Gasteiger partial charge in [-0.3, -0.25) is 14.9 Å². The van der Waals surface area contributed by atoms with Crippen molar-refractivity contribution >= 4 is 23.3 Å². The number of nitro groups is 1. The van der Waals surface area contributed by atoms with Crippen molar-refractivity contribution in [1.29, 1.82) is 0 Å². The third kappa shape index (κ3) is 5.95. The molecule has 194 valence electrons. The number of esters is 1. The monoisotopic (exact) mass is 531 g/mol. The molecule has 4 aromatic carbocycles. The van der Waals surface area contributed by atoms with Gasteiger partial charge in [0.05, 0.1) is 19.1 Å². The fourth-order valence-electron chi connectivity index (χ4n) is 4.11. The van der Waals surface area contributed by atoms with Crippen molar-refractivity contribution in [2.75, 3.05) is 14.2 Å². The normalized spacial score (nSPS) is 11.0. The maximum absolute atomic E-state index is 12.3. The summed E-state index contributed by atoms with van der Waals surface area (Å²) < 4.78 is 15.9. The van der Waals surface area contributed by atoms with Crippen molar-refractivity contribution in [3.05, 3.63) is 129 Å². The van der Waals surface area contributed by atoms with Gasteiger partial charge in [0.25, 0.3) is 5.69 Å². The lowest BCUT2D eigenvalue weighted by Crippen LogP contribution is -2.22. The van der Waals surface area contributed by atoms with Gasteiger partial charge in [-0.25, -0.2) is 0 Å². The smallest absolute Gasteiger partial charge is 0.311 e. The van der Waals surface area contributed by atoms with Crippen LogP contribution in [0.25, 0.3) is 0 Å². The van der Waals surface area contributed by atoms with Gasteiger partial charge in [0.15, 0.2) is 0 Å². The van der Waals surface area contributed by atoms with Crippen molar-refractivity contribution in [3.63, 3.8) is 0 Å². The average molecular weight is 532 g/mol. The SMILES string of the molecule is COc1ccc(C(Cl)(c2ccc(CCC(=O)Oc3ccc([N+](=O)[O-])cc3)cc2)c2ccc(OC)cc2)cc1. The highest BCUT2D eigenvalue weighted by Crippen LogP contribution is 2.44. The first kappa shape index (κ1) is 26.7. The van der Waals surface area contributed by atoms with Gasteiger partial charge in [0.1, 0.15) is 22.1 Å². The molecule has 0 heterocycles. The minimum Gasteiger partial charge on any atom is -0.497 e. The number of nitro benzene ring substituents is 1. The molecule has 0 aromatic heterocycles. The van der Waals surface area contributed by atoms with Crippen LogP contribution in [0, 0.1) is 10.1 Å². The second kappa shape index (κ2) is 11.8. The van der Waals surface area contributed by atoms with Crippen LogP contribution < -0.4 is 14.2 Å². The lowest BCUT2D eigenvalue weighted by molar-refractivity contribution is -0.384. The Hall–Kier alpha value is -4.36. The van der Waals surface area contributed by atoms with E-state index >= 15 is 0 Å². The number of halogens is 1. The predicted molar refractivity (Wildman–Crippen MR) is 145 cm³/mol. The molecule has 8 heteroatoms. The summed E-state index contributed by atoms with van der Waals surface area (Å²) in [6.45, 7) is 0. The van der Waals surface area contributed by atoms with E-state index in [1.165, 1.54) is 24.3 Å². The summed E-state index contributed by atoms with van der Waals surface area (Å²) in [6, 6.07) is 28.5. The van der Waals surface area contributed by atoms with Crippen molar-refractivity contribution in [1.82, 2.24) is 0 Å². The second-order valence-corrected chi connectivity index (χ2v) is 9.10. The number of hydrogen-bond acceptors (Lipinski definition) is 6. The highest BCUT2D eigenvalue weighted by molar-refractivity contribution is 6.28. The lowest BCUT2D eigenvalue weighted by Gasteiger charge is -2.29. The maximum Gasteiger partial charge on any atom is 0.311 e. The van der Waals surface area contributed by atoms with E-state index in [2.05, 4.69) is 0 Å². The second-order valence-electron chi connectivity index (χ2n) is 8.54. The number of hydrogen-bond donors (Lipinski definition) is 0. The fourth-order valence-corrected chi connectivity index (χ4v) is 4.49. The Bertz CT molecular complexity index is 1340. The number of ether oxygens (including phenoxy) is 3. The summed E-state index contributed by atoms with van der Waals surface area (Å²) >= 11 is 7.41. The number of non-ortho nitro benzene ring substituents is 1. The number of aryl methyl sites for hydroxylation is 1. The summed E-state index contributed by atoms with van der Waals surface area (Å²) in [5.74, 6) is 1.31. The average Bonchev–Trinajstić information content (AvgIpc) is 2.96. The molecule has 0 aliphatic carbocycles. The van der Waals surface area contributed by atoms with Crippen LogP contribution in [0.15, 0.2) is 97.1 Å². The van der Waals surface area contributed by atoms with E-state index in [9.17, 15) is 14.9 Å². The van der Waals surface area contributed by atoms with Crippen LogP contribution >= 0.6 is 11.6 Å². The van der Waals surface area contributed by atoms with Crippen LogP contribution in [-0.4, -0.2) is 25.1 Å². The van der Waals surface area contributed by atoms with Crippen molar-refractivity contribution in [2.45, 2.75) is 17.7 Å². The molecular weight excluding hydrogens is 506 g/mol. The van der Waals surface area contributed by atoms with Crippen LogP contribution in [0.5, 0.6) is 17.2 Å². The van der Waals surface area contributed by atoms with Crippen LogP contribution in [0.3, 0.4) is 0 Å². The minimum absolute atomic E-state index is 0.0652. The Balaban J connectivity index is 1.51. The van der Waals surface area contributed by atoms with Crippen molar-refractivity contribution in [3.8, 4) is 17.2 Å². The first-order valence-electron chi connectivity index (χ1n) is 11.9. The summed E-state index contributed by atoms with van der Waals surface area (Å²) in [5.41, 5.74) is 3.50. The number of alkyl halides is 1. The van der Waals surface area contributed by atoms with Crippen molar-refractivity contribution < 1.29 is 23.9 Å². The quantitative estimate of drug-likeness (QED) is 0.0566. The Labute approximate surface area is 225 Å². The molecule has 0 saturated heterocycles. The third-order valence-corrected chi connectivity index (χ3v) is 6.88. The first-order chi connectivity index (χ1) is 18.3. The van der Waals surface area contributed by atoms with Gasteiger partial charge in [0.2, 0.25) is 0 Å². The summed E-state index contributed by atoms with van der Waals surface area (Å²) in [4.78, 5) is 21.6. The minimum atomic E-state index is -0.966. The lowest BCUT2D eigenvalue weighted by atomic mass is 9.83. The summed E-state index contributed by atoms with van der Waals surface area (Å²) in [7, 11) is 3.24. The molecule has 0 aliphatic rings. The molecule has 0 spiro atoms. The highest BCUT2D eigenvalue weighted by atomic mass is 35.5. The van der Waals surface area contributed by atoms with Gasteiger partial charge >= 0.3 is 5.97 Å². The molecule has 0 unspecified atom stereocenters. The maximum atomic E-state index is 12.3. The Morgan fingerprint density at radius 1 is 0.737 bits per heavy atom. The molecule has 0 N–H and O–H groups in total. The number of nitrogens with zero attached hydrogens (tertiary/aromatic N) is 1. The zero-order chi connectivity index (χ0) is 27.1. The van der Waals surface area contributed by atoms with Gasteiger partial charge in [-0.1, -0.05) is 48.5 Å². The van der Waals surface area contributed by atoms with Crippen LogP contribution in [-0.2, 0) is 16.1 Å². The topological polar surface area (TPSA) is 87.9 Å². The van der Waals surface area contributed by atoms with E-state index in [4.69, 9.17) is 25.8 Å². The number of methoxy groups -OCH3 is 2. The van der Waals surface area contributed by atoms with E-state index in [1.54, 1.807) is 14.2 Å².